The van der Waals surface area contributed by atoms with E-state index in [1.54, 1.807) is 18.2 Å². The van der Waals surface area contributed by atoms with Crippen molar-refractivity contribution < 1.29 is 14.7 Å². The maximum absolute atomic E-state index is 12.1. The summed E-state index contributed by atoms with van der Waals surface area (Å²) in [7, 11) is -1.39. The number of ketones is 2. The van der Waals surface area contributed by atoms with Gasteiger partial charge in [-0.15, -0.1) is 0 Å². The summed E-state index contributed by atoms with van der Waals surface area (Å²) in [5, 5.41) is 10.1. The van der Waals surface area contributed by atoms with E-state index in [0.717, 1.165) is 11.6 Å². The first-order valence-electron chi connectivity index (χ1n) is 6.84. The van der Waals surface area contributed by atoms with Crippen LogP contribution in [-0.4, -0.2) is 30.9 Å². The molecule has 1 unspecified atom stereocenters. The summed E-state index contributed by atoms with van der Waals surface area (Å²) in [6, 6.07) is 7.82. The van der Waals surface area contributed by atoms with Gasteiger partial charge in [0.25, 0.3) is 0 Å². The van der Waals surface area contributed by atoms with Gasteiger partial charge in [0.05, 0.1) is 6.10 Å². The molecule has 0 saturated heterocycles. The number of carbonyl (C=O) groups is 2. The summed E-state index contributed by atoms with van der Waals surface area (Å²) in [5.41, 5.74) is 1.66. The van der Waals surface area contributed by atoms with Gasteiger partial charge in [0.15, 0.2) is 0 Å². The van der Waals surface area contributed by atoms with Crippen LogP contribution in [-0.2, 0) is 4.79 Å². The van der Waals surface area contributed by atoms with E-state index in [4.69, 9.17) is 0 Å². The van der Waals surface area contributed by atoms with E-state index in [-0.39, 0.29) is 6.42 Å². The van der Waals surface area contributed by atoms with Crippen molar-refractivity contribution in [2.75, 3.05) is 0 Å². The van der Waals surface area contributed by atoms with Crippen LogP contribution in [0.1, 0.15) is 22.3 Å². The van der Waals surface area contributed by atoms with E-state index in [2.05, 4.69) is 19.6 Å². The second kappa shape index (κ2) is 5.46. The summed E-state index contributed by atoms with van der Waals surface area (Å²) < 4.78 is 0. The van der Waals surface area contributed by atoms with Gasteiger partial charge < -0.3 is 5.11 Å². The number of aliphatic hydroxyl groups is 1. The van der Waals surface area contributed by atoms with Gasteiger partial charge in [-0.1, -0.05) is 43.9 Å². The molecule has 0 amide bonds. The molecular weight excluding hydrogens is 268 g/mol. The van der Waals surface area contributed by atoms with Crippen LogP contribution in [0.5, 0.6) is 0 Å². The summed E-state index contributed by atoms with van der Waals surface area (Å²) in [6.07, 6.45) is 1.46. The lowest BCUT2D eigenvalue weighted by molar-refractivity contribution is -0.112. The van der Waals surface area contributed by atoms with Gasteiger partial charge >= 0.3 is 0 Å². The molecule has 20 heavy (non-hydrogen) atoms. The molecule has 1 aliphatic carbocycles. The Bertz CT molecular complexity index is 582. The summed E-state index contributed by atoms with van der Waals surface area (Å²) in [6.45, 7) is 6.52. The first-order valence-corrected chi connectivity index (χ1v) is 10.6. The molecule has 0 aromatic heterocycles. The third-order valence-electron chi connectivity index (χ3n) is 3.34. The summed E-state index contributed by atoms with van der Waals surface area (Å²) in [4.78, 5) is 24.1. The monoisotopic (exact) mass is 288 g/mol. The Labute approximate surface area is 120 Å². The molecule has 106 valence electrons. The average molecular weight is 288 g/mol. The van der Waals surface area contributed by atoms with Crippen molar-refractivity contribution in [2.45, 2.75) is 38.2 Å². The lowest BCUT2D eigenvalue weighted by Gasteiger charge is -2.22. The standard InChI is InChI=1S/C16H20O3Si/c1-20(2,3)10-13(17)9-12-8-11-6-4-5-7-14(11)16(19)15(12)18/h4-8,13,17H,9-10H2,1-3H3. The van der Waals surface area contributed by atoms with E-state index in [1.807, 2.05) is 12.1 Å². The molecule has 1 N–H and O–H groups in total. The zero-order chi connectivity index (χ0) is 14.9. The molecule has 4 heteroatoms. The number of hydrogen-bond donors (Lipinski definition) is 1. The SMILES string of the molecule is C[Si](C)(C)CC(O)CC1=Cc2ccccc2C(=O)C1=O. The van der Waals surface area contributed by atoms with E-state index in [9.17, 15) is 14.7 Å². The fourth-order valence-electron chi connectivity index (χ4n) is 2.54. The van der Waals surface area contributed by atoms with Crippen LogP contribution in [0.4, 0.5) is 0 Å². The minimum Gasteiger partial charge on any atom is -0.393 e. The lowest BCUT2D eigenvalue weighted by Crippen LogP contribution is -2.29. The minimum absolute atomic E-state index is 0.267. The Morgan fingerprint density at radius 2 is 1.75 bits per heavy atom. The predicted octanol–water partition coefficient (Wildman–Crippen LogP) is 2.92. The molecule has 3 nitrogen and oxygen atoms in total. The second-order valence-electron chi connectivity index (χ2n) is 6.54. The van der Waals surface area contributed by atoms with Gasteiger partial charge in [-0.25, -0.2) is 0 Å². The average Bonchev–Trinajstić information content (AvgIpc) is 2.33. The van der Waals surface area contributed by atoms with E-state index < -0.39 is 25.7 Å². The van der Waals surface area contributed by atoms with Crippen molar-refractivity contribution in [2.24, 2.45) is 0 Å². The van der Waals surface area contributed by atoms with Gasteiger partial charge in [-0.2, -0.15) is 0 Å². The Morgan fingerprint density at radius 3 is 2.40 bits per heavy atom. The van der Waals surface area contributed by atoms with Crippen LogP contribution in [0, 0.1) is 0 Å². The van der Waals surface area contributed by atoms with Crippen LogP contribution in [0.2, 0.25) is 25.7 Å². The number of carbonyl (C=O) groups excluding carboxylic acids is 2. The topological polar surface area (TPSA) is 54.4 Å². The Kier molecular flexibility index (Phi) is 4.06. The molecule has 1 aliphatic rings. The molecule has 2 rings (SSSR count). The van der Waals surface area contributed by atoms with Gasteiger partial charge in [0, 0.05) is 25.6 Å². The quantitative estimate of drug-likeness (QED) is 0.684. The van der Waals surface area contributed by atoms with Crippen LogP contribution >= 0.6 is 0 Å². The summed E-state index contributed by atoms with van der Waals surface area (Å²) >= 11 is 0. The highest BCUT2D eigenvalue weighted by Crippen LogP contribution is 2.26. The van der Waals surface area contributed by atoms with Gasteiger partial charge in [-0.05, 0) is 17.7 Å². The molecule has 0 fully saturated rings. The largest absolute Gasteiger partial charge is 0.393 e. The summed E-state index contributed by atoms with van der Waals surface area (Å²) in [5.74, 6) is -0.934. The minimum atomic E-state index is -1.39. The Morgan fingerprint density at radius 1 is 1.10 bits per heavy atom. The molecule has 0 spiro atoms. The zero-order valence-electron chi connectivity index (χ0n) is 12.1. The van der Waals surface area contributed by atoms with Gasteiger partial charge in [0.1, 0.15) is 0 Å². The van der Waals surface area contributed by atoms with E-state index in [1.165, 1.54) is 0 Å². The third kappa shape index (κ3) is 3.32. The number of benzene rings is 1. The molecule has 1 atom stereocenters. The number of rotatable bonds is 4. The highest BCUT2D eigenvalue weighted by atomic mass is 28.3. The van der Waals surface area contributed by atoms with Crippen molar-refractivity contribution in [3.05, 3.63) is 41.0 Å². The highest BCUT2D eigenvalue weighted by Gasteiger charge is 2.29. The molecule has 0 saturated carbocycles. The number of hydrogen-bond acceptors (Lipinski definition) is 3. The van der Waals surface area contributed by atoms with Crippen molar-refractivity contribution in [1.29, 1.82) is 0 Å². The zero-order valence-corrected chi connectivity index (χ0v) is 13.1. The molecular formula is C16H20O3Si. The normalized spacial score (nSPS) is 16.7. The predicted molar refractivity (Wildman–Crippen MR) is 82.5 cm³/mol. The van der Waals surface area contributed by atoms with Crippen molar-refractivity contribution in [3.8, 4) is 0 Å². The van der Waals surface area contributed by atoms with Crippen molar-refractivity contribution in [3.63, 3.8) is 0 Å². The molecule has 1 aromatic rings. The smallest absolute Gasteiger partial charge is 0.233 e. The van der Waals surface area contributed by atoms with E-state index in [0.29, 0.717) is 11.1 Å². The van der Waals surface area contributed by atoms with Gasteiger partial charge in [0.2, 0.25) is 11.6 Å². The molecule has 0 radical (unpaired) electrons. The van der Waals surface area contributed by atoms with Gasteiger partial charge in [-0.3, -0.25) is 9.59 Å². The van der Waals surface area contributed by atoms with Crippen LogP contribution < -0.4 is 0 Å². The number of aliphatic hydroxyl groups excluding tert-OH is 1. The van der Waals surface area contributed by atoms with Crippen LogP contribution in [0.25, 0.3) is 6.08 Å². The second-order valence-corrected chi connectivity index (χ2v) is 12.1. The number of fused-ring (bicyclic) bond motifs is 1. The third-order valence-corrected chi connectivity index (χ3v) is 5.03. The van der Waals surface area contributed by atoms with Crippen LogP contribution in [0.15, 0.2) is 29.8 Å². The fraction of sp³-hybridized carbons (Fsp3) is 0.375. The Hall–Kier alpha value is -1.52. The maximum atomic E-state index is 12.1. The van der Waals surface area contributed by atoms with E-state index >= 15 is 0 Å². The maximum Gasteiger partial charge on any atom is 0.233 e. The van der Waals surface area contributed by atoms with Crippen LogP contribution in [0.3, 0.4) is 0 Å². The molecule has 0 aliphatic heterocycles. The lowest BCUT2D eigenvalue weighted by atomic mass is 9.88. The molecule has 1 aromatic carbocycles. The molecule has 0 bridgehead atoms. The van der Waals surface area contributed by atoms with Crippen molar-refractivity contribution >= 4 is 25.7 Å². The first kappa shape index (κ1) is 14.9. The first-order chi connectivity index (χ1) is 9.28. The number of Topliss-reactive ketones (excluding diaryl/α,β-unsaturated/α-hetero) is 2. The van der Waals surface area contributed by atoms with Crippen molar-refractivity contribution in [1.82, 2.24) is 0 Å². The highest BCUT2D eigenvalue weighted by molar-refractivity contribution is 6.76. The molecule has 0 heterocycles. The Balaban J connectivity index is 2.23. The fourth-order valence-corrected chi connectivity index (χ4v) is 4.09.